The van der Waals surface area contributed by atoms with Crippen molar-refractivity contribution in [2.45, 2.75) is 12.2 Å². The summed E-state index contributed by atoms with van der Waals surface area (Å²) in [5.41, 5.74) is 1.75. The van der Waals surface area contributed by atoms with E-state index >= 15 is 0 Å². The lowest BCUT2D eigenvalue weighted by molar-refractivity contribution is -0.116. The van der Waals surface area contributed by atoms with Gasteiger partial charge >= 0.3 is 0 Å². The fourth-order valence-electron chi connectivity index (χ4n) is 1.98. The molecular weight excluding hydrogens is 240 g/mol. The van der Waals surface area contributed by atoms with Crippen LogP contribution >= 0.6 is 0 Å². The maximum absolute atomic E-state index is 10.5. The maximum atomic E-state index is 10.5. The van der Waals surface area contributed by atoms with Crippen molar-refractivity contribution in [3.8, 4) is 0 Å². The van der Waals surface area contributed by atoms with Gasteiger partial charge in [-0.2, -0.15) is 0 Å². The van der Waals surface area contributed by atoms with Gasteiger partial charge < -0.3 is 14.6 Å². The van der Waals surface area contributed by atoms with E-state index in [1.165, 1.54) is 0 Å². The fraction of sp³-hybridized carbons (Fsp3) is 0.250. The molecule has 3 nitrogen and oxygen atoms in total. The predicted octanol–water partition coefficient (Wildman–Crippen LogP) is 3.08. The van der Waals surface area contributed by atoms with Crippen molar-refractivity contribution < 1.29 is 14.6 Å². The van der Waals surface area contributed by atoms with Gasteiger partial charge in [0.05, 0.1) is 0 Å². The minimum Gasteiger partial charge on any atom is -0.385 e. The van der Waals surface area contributed by atoms with E-state index < -0.39 is 12.2 Å². The number of hydrogen-bond donors (Lipinski definition) is 1. The van der Waals surface area contributed by atoms with Crippen molar-refractivity contribution in [2.24, 2.45) is 0 Å². The second-order valence-electron chi connectivity index (χ2n) is 4.26. The van der Waals surface area contributed by atoms with Crippen LogP contribution in [0.2, 0.25) is 0 Å². The number of rotatable bonds is 6. The molecule has 19 heavy (non-hydrogen) atoms. The van der Waals surface area contributed by atoms with E-state index in [0.29, 0.717) is 0 Å². The molecule has 0 saturated heterocycles. The third-order valence-electron chi connectivity index (χ3n) is 2.92. The molecule has 0 radical (unpaired) electrons. The second kappa shape index (κ2) is 7.04. The minimum atomic E-state index is -0.723. The SMILES string of the molecule is COCO[C@@H](c1ccccc1)[C@H](O)c1ccccc1. The smallest absolute Gasteiger partial charge is 0.147 e. The lowest BCUT2D eigenvalue weighted by Crippen LogP contribution is -2.15. The normalized spacial score (nSPS) is 14.0. The van der Waals surface area contributed by atoms with E-state index in [-0.39, 0.29) is 6.79 Å². The van der Waals surface area contributed by atoms with Gasteiger partial charge in [-0.05, 0) is 11.1 Å². The lowest BCUT2D eigenvalue weighted by atomic mass is 9.98. The summed E-state index contributed by atoms with van der Waals surface area (Å²) in [6.45, 7) is 0.142. The van der Waals surface area contributed by atoms with Crippen LogP contribution in [0.4, 0.5) is 0 Å². The van der Waals surface area contributed by atoms with Gasteiger partial charge in [-0.15, -0.1) is 0 Å². The number of aliphatic hydroxyl groups excluding tert-OH is 1. The first kappa shape index (κ1) is 13.7. The van der Waals surface area contributed by atoms with E-state index in [2.05, 4.69) is 0 Å². The summed E-state index contributed by atoms with van der Waals surface area (Å²) in [5.74, 6) is 0. The van der Waals surface area contributed by atoms with E-state index in [0.717, 1.165) is 11.1 Å². The molecule has 0 fully saturated rings. The summed E-state index contributed by atoms with van der Waals surface area (Å²) in [4.78, 5) is 0. The van der Waals surface area contributed by atoms with E-state index in [1.807, 2.05) is 60.7 Å². The van der Waals surface area contributed by atoms with Gasteiger partial charge in [-0.25, -0.2) is 0 Å². The quantitative estimate of drug-likeness (QED) is 0.809. The first-order valence-corrected chi connectivity index (χ1v) is 6.21. The number of ether oxygens (including phenoxy) is 2. The van der Waals surface area contributed by atoms with Crippen LogP contribution in [0, 0.1) is 0 Å². The van der Waals surface area contributed by atoms with Crippen molar-refractivity contribution in [3.63, 3.8) is 0 Å². The molecule has 0 aromatic heterocycles. The molecule has 0 bridgehead atoms. The zero-order valence-corrected chi connectivity index (χ0v) is 10.9. The highest BCUT2D eigenvalue weighted by atomic mass is 16.7. The highest BCUT2D eigenvalue weighted by molar-refractivity contribution is 5.24. The Morgan fingerprint density at radius 2 is 1.42 bits per heavy atom. The molecule has 0 aliphatic rings. The summed E-state index contributed by atoms with van der Waals surface area (Å²) in [6, 6.07) is 19.2. The molecule has 2 rings (SSSR count). The van der Waals surface area contributed by atoms with Crippen LogP contribution in [-0.4, -0.2) is 19.0 Å². The molecule has 1 N–H and O–H groups in total. The summed E-state index contributed by atoms with van der Waals surface area (Å²) in [5, 5.41) is 10.5. The molecule has 100 valence electrons. The Bertz CT molecular complexity index is 470. The summed E-state index contributed by atoms with van der Waals surface area (Å²) in [7, 11) is 1.57. The molecule has 2 aromatic rings. The second-order valence-corrected chi connectivity index (χ2v) is 4.26. The monoisotopic (exact) mass is 258 g/mol. The first-order chi connectivity index (χ1) is 9.33. The van der Waals surface area contributed by atoms with Crippen molar-refractivity contribution in [3.05, 3.63) is 71.8 Å². The number of hydrogen-bond acceptors (Lipinski definition) is 3. The fourth-order valence-corrected chi connectivity index (χ4v) is 1.98. The molecule has 0 aliphatic carbocycles. The van der Waals surface area contributed by atoms with Crippen LogP contribution in [0.25, 0.3) is 0 Å². The predicted molar refractivity (Wildman–Crippen MR) is 73.5 cm³/mol. The molecule has 0 amide bonds. The Morgan fingerprint density at radius 1 is 0.895 bits per heavy atom. The summed E-state index contributed by atoms with van der Waals surface area (Å²) >= 11 is 0. The molecule has 2 atom stereocenters. The summed E-state index contributed by atoms with van der Waals surface area (Å²) < 4.78 is 10.6. The van der Waals surface area contributed by atoms with Gasteiger partial charge in [0, 0.05) is 7.11 Å². The first-order valence-electron chi connectivity index (χ1n) is 6.21. The van der Waals surface area contributed by atoms with E-state index in [9.17, 15) is 5.11 Å². The molecule has 0 aliphatic heterocycles. The zero-order valence-electron chi connectivity index (χ0n) is 10.9. The Kier molecular flexibility index (Phi) is 5.10. The third kappa shape index (κ3) is 3.64. The standard InChI is InChI=1S/C16H18O3/c1-18-12-19-16(14-10-6-3-7-11-14)15(17)13-8-4-2-5-9-13/h2-11,15-17H,12H2,1H3/t15-,16+/m1/s1. The molecule has 0 unspecified atom stereocenters. The highest BCUT2D eigenvalue weighted by Crippen LogP contribution is 2.31. The average Bonchev–Trinajstić information content (AvgIpc) is 2.49. The molecular formula is C16H18O3. The molecule has 0 spiro atoms. The van der Waals surface area contributed by atoms with Crippen molar-refractivity contribution >= 4 is 0 Å². The zero-order chi connectivity index (χ0) is 13.5. The lowest BCUT2D eigenvalue weighted by Gasteiger charge is -2.23. The van der Waals surface area contributed by atoms with Gasteiger partial charge in [0.1, 0.15) is 19.0 Å². The van der Waals surface area contributed by atoms with Gasteiger partial charge in [0.15, 0.2) is 0 Å². The topological polar surface area (TPSA) is 38.7 Å². The number of benzene rings is 2. The van der Waals surface area contributed by atoms with Crippen LogP contribution in [0.15, 0.2) is 60.7 Å². The molecule has 0 heterocycles. The van der Waals surface area contributed by atoms with Crippen LogP contribution in [0.1, 0.15) is 23.3 Å². The van der Waals surface area contributed by atoms with Gasteiger partial charge in [-0.3, -0.25) is 0 Å². The van der Waals surface area contributed by atoms with E-state index in [1.54, 1.807) is 7.11 Å². The Labute approximate surface area is 113 Å². The highest BCUT2D eigenvalue weighted by Gasteiger charge is 2.23. The van der Waals surface area contributed by atoms with Crippen molar-refractivity contribution in [1.29, 1.82) is 0 Å². The number of aliphatic hydroxyl groups is 1. The Hall–Kier alpha value is -1.68. The Morgan fingerprint density at radius 3 is 1.95 bits per heavy atom. The molecule has 2 aromatic carbocycles. The number of methoxy groups -OCH3 is 1. The van der Waals surface area contributed by atoms with Crippen LogP contribution in [0.5, 0.6) is 0 Å². The maximum Gasteiger partial charge on any atom is 0.147 e. The summed E-state index contributed by atoms with van der Waals surface area (Å²) in [6.07, 6.45) is -1.16. The average molecular weight is 258 g/mol. The van der Waals surface area contributed by atoms with Gasteiger partial charge in [-0.1, -0.05) is 60.7 Å². The third-order valence-corrected chi connectivity index (χ3v) is 2.92. The van der Waals surface area contributed by atoms with Crippen LogP contribution in [-0.2, 0) is 9.47 Å². The van der Waals surface area contributed by atoms with Gasteiger partial charge in [0.25, 0.3) is 0 Å². The minimum absolute atomic E-state index is 0.142. The largest absolute Gasteiger partial charge is 0.385 e. The Balaban J connectivity index is 2.22. The van der Waals surface area contributed by atoms with Crippen LogP contribution < -0.4 is 0 Å². The van der Waals surface area contributed by atoms with Crippen LogP contribution in [0.3, 0.4) is 0 Å². The van der Waals surface area contributed by atoms with Crippen molar-refractivity contribution in [1.82, 2.24) is 0 Å². The molecule has 3 heteroatoms. The van der Waals surface area contributed by atoms with Crippen molar-refractivity contribution in [2.75, 3.05) is 13.9 Å². The van der Waals surface area contributed by atoms with Gasteiger partial charge in [0.2, 0.25) is 0 Å². The van der Waals surface area contributed by atoms with E-state index in [4.69, 9.17) is 9.47 Å². The molecule has 0 saturated carbocycles.